The third-order valence-corrected chi connectivity index (χ3v) is 2.70. The number of nitrogens with zero attached hydrogens (tertiary/aromatic N) is 1. The summed E-state index contributed by atoms with van der Waals surface area (Å²) in [5.74, 6) is 0. The van der Waals surface area contributed by atoms with Crippen molar-refractivity contribution in [3.05, 3.63) is 34.2 Å². The summed E-state index contributed by atoms with van der Waals surface area (Å²) >= 11 is 0. The third kappa shape index (κ3) is 2.96. The van der Waals surface area contributed by atoms with Crippen molar-refractivity contribution in [3.8, 4) is 0 Å². The Hall–Kier alpha value is -1.03. The number of pyridine rings is 1. The Morgan fingerprint density at radius 3 is 2.40 bits per heavy atom. The van der Waals surface area contributed by atoms with Gasteiger partial charge in [-0.25, -0.2) is 0 Å². The maximum Gasteiger partial charge on any atom is 0.285 e. The van der Waals surface area contributed by atoms with E-state index in [0.29, 0.717) is 0 Å². The molecule has 0 aliphatic rings. The lowest BCUT2D eigenvalue weighted by atomic mass is 9.88. The quantitative estimate of drug-likeness (QED) is 0.715. The van der Waals surface area contributed by atoms with Crippen LogP contribution in [0.2, 0.25) is 13.1 Å². The number of hydrogen-bond acceptors (Lipinski definition) is 2. The molecule has 0 aliphatic carbocycles. The molecule has 1 aromatic rings. The molecule has 0 fully saturated rings. The standard InChI is InChI=1S/C11H19NO2Si/c1-11(2,3)9-7-6-8-12(10(9)13)14-15(4)5/h6-8,15H,1-5H3. The first-order valence-corrected chi connectivity index (χ1v) is 8.00. The van der Waals surface area contributed by atoms with E-state index in [4.69, 9.17) is 4.53 Å². The summed E-state index contributed by atoms with van der Waals surface area (Å²) in [6.07, 6.45) is 1.69. The minimum absolute atomic E-state index is 0.0359. The highest BCUT2D eigenvalue weighted by Gasteiger charge is 2.18. The molecule has 1 rings (SSSR count). The van der Waals surface area contributed by atoms with E-state index in [2.05, 4.69) is 0 Å². The number of aromatic nitrogens is 1. The van der Waals surface area contributed by atoms with E-state index < -0.39 is 9.04 Å². The number of hydrogen-bond donors (Lipinski definition) is 0. The Morgan fingerprint density at radius 2 is 1.93 bits per heavy atom. The van der Waals surface area contributed by atoms with Gasteiger partial charge in [0.1, 0.15) is 0 Å². The molecule has 0 N–H and O–H groups in total. The third-order valence-electron chi connectivity index (χ3n) is 2.05. The lowest BCUT2D eigenvalue weighted by Crippen LogP contribution is -2.37. The van der Waals surface area contributed by atoms with E-state index in [0.717, 1.165) is 5.56 Å². The normalized spacial score (nSPS) is 11.9. The van der Waals surface area contributed by atoms with Crippen LogP contribution in [0.1, 0.15) is 26.3 Å². The van der Waals surface area contributed by atoms with Crippen LogP contribution < -0.4 is 10.1 Å². The van der Waals surface area contributed by atoms with Crippen LogP contribution in [0.4, 0.5) is 0 Å². The van der Waals surface area contributed by atoms with Gasteiger partial charge in [0.25, 0.3) is 14.6 Å². The molecule has 4 heteroatoms. The minimum Gasteiger partial charge on any atom is -0.471 e. The van der Waals surface area contributed by atoms with Crippen molar-refractivity contribution in [2.24, 2.45) is 0 Å². The zero-order chi connectivity index (χ0) is 11.6. The van der Waals surface area contributed by atoms with Gasteiger partial charge in [0.2, 0.25) is 0 Å². The molecule has 0 amide bonds. The monoisotopic (exact) mass is 225 g/mol. The predicted octanol–water partition coefficient (Wildman–Crippen LogP) is 1.56. The van der Waals surface area contributed by atoms with Crippen LogP contribution >= 0.6 is 0 Å². The van der Waals surface area contributed by atoms with Crippen molar-refractivity contribution in [3.63, 3.8) is 0 Å². The highest BCUT2D eigenvalue weighted by atomic mass is 28.3. The van der Waals surface area contributed by atoms with Gasteiger partial charge in [-0.05, 0) is 24.6 Å². The maximum absolute atomic E-state index is 12.0. The van der Waals surface area contributed by atoms with Crippen LogP contribution in [0.25, 0.3) is 0 Å². The van der Waals surface area contributed by atoms with E-state index in [1.165, 1.54) is 4.73 Å². The smallest absolute Gasteiger partial charge is 0.285 e. The second-order valence-corrected chi connectivity index (χ2v) is 7.27. The van der Waals surface area contributed by atoms with Crippen LogP contribution in [0, 0.1) is 0 Å². The fourth-order valence-corrected chi connectivity index (χ4v) is 1.98. The zero-order valence-electron chi connectivity index (χ0n) is 10.1. The van der Waals surface area contributed by atoms with Gasteiger partial charge in [0, 0.05) is 11.8 Å². The van der Waals surface area contributed by atoms with E-state index in [1.807, 2.05) is 46.0 Å². The summed E-state index contributed by atoms with van der Waals surface area (Å²) < 4.78 is 6.90. The average molecular weight is 225 g/mol. The van der Waals surface area contributed by atoms with Crippen molar-refractivity contribution < 1.29 is 4.53 Å². The molecular formula is C11H19NO2Si. The van der Waals surface area contributed by atoms with Crippen LogP contribution in [0.5, 0.6) is 0 Å². The average Bonchev–Trinajstić information content (AvgIpc) is 2.05. The Kier molecular flexibility index (Phi) is 3.39. The van der Waals surface area contributed by atoms with Crippen molar-refractivity contribution >= 4 is 9.04 Å². The van der Waals surface area contributed by atoms with Crippen LogP contribution in [-0.4, -0.2) is 13.8 Å². The zero-order valence-corrected chi connectivity index (χ0v) is 11.2. The van der Waals surface area contributed by atoms with Gasteiger partial charge >= 0.3 is 0 Å². The summed E-state index contributed by atoms with van der Waals surface area (Å²) in [6.45, 7) is 10.2. The molecule has 0 bridgehead atoms. The van der Waals surface area contributed by atoms with Gasteiger partial charge in [-0.15, -0.1) is 0 Å². The van der Waals surface area contributed by atoms with Crippen LogP contribution in [-0.2, 0) is 5.41 Å². The van der Waals surface area contributed by atoms with Crippen LogP contribution in [0.15, 0.2) is 23.1 Å². The summed E-state index contributed by atoms with van der Waals surface area (Å²) in [7, 11) is -1.24. The van der Waals surface area contributed by atoms with Gasteiger partial charge in [-0.2, -0.15) is 4.73 Å². The van der Waals surface area contributed by atoms with Crippen molar-refractivity contribution in [2.45, 2.75) is 39.3 Å². The first-order valence-electron chi connectivity index (χ1n) is 5.21. The van der Waals surface area contributed by atoms with E-state index in [9.17, 15) is 4.79 Å². The highest BCUT2D eigenvalue weighted by molar-refractivity contribution is 6.48. The van der Waals surface area contributed by atoms with Gasteiger partial charge < -0.3 is 4.53 Å². The van der Waals surface area contributed by atoms with E-state index >= 15 is 0 Å². The lowest BCUT2D eigenvalue weighted by molar-refractivity contribution is 0.263. The molecule has 0 saturated carbocycles. The Balaban J connectivity index is 3.18. The Labute approximate surface area is 92.4 Å². The Morgan fingerprint density at radius 1 is 1.33 bits per heavy atom. The number of rotatable bonds is 2. The molecular weight excluding hydrogens is 206 g/mol. The topological polar surface area (TPSA) is 31.2 Å². The second kappa shape index (κ2) is 4.22. The van der Waals surface area contributed by atoms with Gasteiger partial charge in [0.15, 0.2) is 0 Å². The van der Waals surface area contributed by atoms with Crippen molar-refractivity contribution in [1.82, 2.24) is 4.73 Å². The largest absolute Gasteiger partial charge is 0.471 e. The Bertz CT molecular complexity index is 390. The summed E-state index contributed by atoms with van der Waals surface area (Å²) in [6, 6.07) is 3.73. The fraction of sp³-hybridized carbons (Fsp3) is 0.545. The van der Waals surface area contributed by atoms with Gasteiger partial charge in [-0.3, -0.25) is 4.79 Å². The molecule has 84 valence electrons. The summed E-state index contributed by atoms with van der Waals surface area (Å²) in [5.41, 5.74) is 0.619. The molecule has 15 heavy (non-hydrogen) atoms. The first kappa shape index (κ1) is 12.0. The van der Waals surface area contributed by atoms with Crippen molar-refractivity contribution in [2.75, 3.05) is 0 Å². The fourth-order valence-electron chi connectivity index (χ4n) is 1.36. The molecule has 3 nitrogen and oxygen atoms in total. The molecule has 1 heterocycles. The van der Waals surface area contributed by atoms with Crippen molar-refractivity contribution in [1.29, 1.82) is 0 Å². The summed E-state index contributed by atoms with van der Waals surface area (Å²) in [5, 5.41) is 0. The second-order valence-electron chi connectivity index (χ2n) is 4.96. The van der Waals surface area contributed by atoms with Gasteiger partial charge in [-0.1, -0.05) is 26.8 Å². The minimum atomic E-state index is -1.24. The molecule has 1 aromatic heterocycles. The molecule has 0 unspecified atom stereocenters. The van der Waals surface area contributed by atoms with E-state index in [1.54, 1.807) is 6.20 Å². The molecule has 0 atom stereocenters. The van der Waals surface area contributed by atoms with Crippen LogP contribution in [0.3, 0.4) is 0 Å². The first-order chi connectivity index (χ1) is 6.82. The van der Waals surface area contributed by atoms with Gasteiger partial charge in [0.05, 0.1) is 0 Å². The SMILES string of the molecule is C[SiH](C)On1cccc(C(C)(C)C)c1=O. The molecule has 0 radical (unpaired) electrons. The molecule has 0 saturated heterocycles. The molecule has 0 aliphatic heterocycles. The summed E-state index contributed by atoms with van der Waals surface area (Å²) in [4.78, 5) is 12.0. The molecule has 0 aromatic carbocycles. The van der Waals surface area contributed by atoms with E-state index in [-0.39, 0.29) is 11.0 Å². The highest BCUT2D eigenvalue weighted by Crippen LogP contribution is 2.17. The molecule has 0 spiro atoms. The lowest BCUT2D eigenvalue weighted by Gasteiger charge is -2.20. The predicted molar refractivity (Wildman–Crippen MR) is 64.9 cm³/mol. The maximum atomic E-state index is 12.0.